The zero-order valence-electron chi connectivity index (χ0n) is 26.3. The molecule has 3 saturated heterocycles. The smallest absolute Gasteiger partial charge is 0.338 e. The Morgan fingerprint density at radius 2 is 1.64 bits per heavy atom. The minimum absolute atomic E-state index is 0.0767. The standard InChI is InChI=1S/C35H41NO9/c1-15(2)31(40)45-25-29(39)33(6)14-36-20-13-34-12-16(3)21-23(44-32(41)19-10-8-7-9-11-19)22(34)28(36)35(26(20)33,30(25)43-18(5)38)27(34)24(21)42-17(4)37/h7-11,15,20-30,39H,3,12-14H2,1-2,4-6H3/t20-,21-,22+,23-,24-,25+,26+,27+,28+,29+,30-,33+,34-,35+/m0/s1. The molecule has 1 N–H and O–H groups in total. The molecule has 1 unspecified atom stereocenters. The van der Waals surface area contributed by atoms with Gasteiger partial charge in [-0.1, -0.05) is 51.1 Å². The highest BCUT2D eigenvalue weighted by molar-refractivity contribution is 5.89. The molecular formula is C35H41NO9. The molecule has 9 aliphatic rings. The van der Waals surface area contributed by atoms with Crippen molar-refractivity contribution in [1.82, 2.24) is 4.90 Å². The number of carbonyl (C=O) groups excluding carboxylic acids is 4. The highest BCUT2D eigenvalue weighted by Crippen LogP contribution is 2.87. The highest BCUT2D eigenvalue weighted by Gasteiger charge is 2.94. The average molecular weight is 620 g/mol. The van der Waals surface area contributed by atoms with Crippen molar-refractivity contribution in [2.75, 3.05) is 6.54 Å². The first kappa shape index (κ1) is 29.2. The molecule has 3 aliphatic heterocycles. The van der Waals surface area contributed by atoms with Crippen molar-refractivity contribution in [2.24, 2.45) is 45.8 Å². The van der Waals surface area contributed by atoms with E-state index in [1.165, 1.54) is 13.8 Å². The maximum atomic E-state index is 13.7. The van der Waals surface area contributed by atoms with Crippen LogP contribution in [-0.2, 0) is 33.3 Å². The van der Waals surface area contributed by atoms with Crippen molar-refractivity contribution in [2.45, 2.75) is 90.1 Å². The Balaban J connectivity index is 1.34. The van der Waals surface area contributed by atoms with E-state index in [1.807, 2.05) is 6.07 Å². The SMILES string of the molecule is C=C1C[C@]23C[C@H]4[C@@H]5[C@@]6(C)CN4[C@@H]4[C@H]2[C@@H](OC(=O)c2ccccc2)[C@H]1[C@H](OC(C)=O)[C@H]3[C@]54[C@@H](OC(C)=O)[C@H](OC(=O)C(C)C)[C@H]6O. The zero-order chi connectivity index (χ0) is 32.0. The third kappa shape index (κ3) is 3.32. The van der Waals surface area contributed by atoms with Gasteiger partial charge in [-0.25, -0.2) is 4.79 Å². The van der Waals surface area contributed by atoms with Crippen LogP contribution in [0.3, 0.4) is 0 Å². The summed E-state index contributed by atoms with van der Waals surface area (Å²) in [5.41, 5.74) is -0.617. The van der Waals surface area contributed by atoms with Crippen molar-refractivity contribution < 1.29 is 43.2 Å². The highest BCUT2D eigenvalue weighted by atomic mass is 16.6. The molecule has 1 aromatic rings. The number of ether oxygens (including phenoxy) is 4. The van der Waals surface area contributed by atoms with Crippen LogP contribution in [0.2, 0.25) is 0 Å². The van der Waals surface area contributed by atoms with Crippen LogP contribution in [0.25, 0.3) is 0 Å². The van der Waals surface area contributed by atoms with Crippen LogP contribution in [0.4, 0.5) is 0 Å². The summed E-state index contributed by atoms with van der Waals surface area (Å²) in [6.07, 6.45) is -3.04. The van der Waals surface area contributed by atoms with Gasteiger partial charge in [0.1, 0.15) is 24.4 Å². The largest absolute Gasteiger partial charge is 0.461 e. The molecule has 3 heterocycles. The molecule has 0 aromatic heterocycles. The minimum Gasteiger partial charge on any atom is -0.461 e. The van der Waals surface area contributed by atoms with Crippen molar-refractivity contribution in [1.29, 1.82) is 0 Å². The molecule has 2 spiro atoms. The normalized spacial score (nSPS) is 48.8. The molecule has 9 bridgehead atoms. The third-order valence-corrected chi connectivity index (χ3v) is 13.0. The lowest BCUT2D eigenvalue weighted by Crippen LogP contribution is -2.75. The van der Waals surface area contributed by atoms with E-state index < -0.39 is 82.5 Å². The number of carbonyl (C=O) groups is 4. The predicted octanol–water partition coefficient (Wildman–Crippen LogP) is 2.92. The second kappa shape index (κ2) is 9.18. The van der Waals surface area contributed by atoms with Crippen molar-refractivity contribution in [3.05, 3.63) is 48.0 Å². The molecule has 15 atom stereocenters. The van der Waals surface area contributed by atoms with Crippen LogP contribution < -0.4 is 0 Å². The molecule has 0 radical (unpaired) electrons. The molecule has 10 rings (SSSR count). The molecule has 45 heavy (non-hydrogen) atoms. The van der Waals surface area contributed by atoms with Gasteiger partial charge in [-0.15, -0.1) is 0 Å². The Kier molecular flexibility index (Phi) is 5.96. The number of nitrogens with zero attached hydrogens (tertiary/aromatic N) is 1. The quantitative estimate of drug-likeness (QED) is 0.288. The van der Waals surface area contributed by atoms with E-state index in [2.05, 4.69) is 18.4 Å². The molecule has 1 aromatic carbocycles. The third-order valence-electron chi connectivity index (χ3n) is 13.0. The number of rotatable bonds is 6. The van der Waals surface area contributed by atoms with E-state index in [1.54, 1.807) is 38.1 Å². The summed E-state index contributed by atoms with van der Waals surface area (Å²) in [6.45, 7) is 13.3. The maximum absolute atomic E-state index is 13.7. The molecular weight excluding hydrogens is 578 g/mol. The lowest BCUT2D eigenvalue weighted by Gasteiger charge is -2.67. The first-order chi connectivity index (χ1) is 21.3. The van der Waals surface area contributed by atoms with E-state index in [0.29, 0.717) is 18.5 Å². The monoisotopic (exact) mass is 619 g/mol. The van der Waals surface area contributed by atoms with Gasteiger partial charge in [0.05, 0.1) is 17.4 Å². The van der Waals surface area contributed by atoms with E-state index in [0.717, 1.165) is 12.0 Å². The number of hydrogen-bond donors (Lipinski definition) is 1. The molecule has 6 aliphatic carbocycles. The topological polar surface area (TPSA) is 129 Å². The Morgan fingerprint density at radius 1 is 0.956 bits per heavy atom. The molecule has 6 saturated carbocycles. The number of benzene rings is 1. The molecule has 9 fully saturated rings. The molecule has 10 heteroatoms. The van der Waals surface area contributed by atoms with Crippen LogP contribution in [-0.4, -0.2) is 83.0 Å². The molecule has 240 valence electrons. The van der Waals surface area contributed by atoms with Crippen LogP contribution in [0.15, 0.2) is 42.5 Å². The second-order valence-electron chi connectivity index (χ2n) is 15.3. The zero-order valence-corrected chi connectivity index (χ0v) is 26.3. The summed E-state index contributed by atoms with van der Waals surface area (Å²) < 4.78 is 25.2. The van der Waals surface area contributed by atoms with Crippen LogP contribution in [0.1, 0.15) is 57.8 Å². The Morgan fingerprint density at radius 3 is 2.29 bits per heavy atom. The van der Waals surface area contributed by atoms with Gasteiger partial charge in [0.25, 0.3) is 0 Å². The summed E-state index contributed by atoms with van der Waals surface area (Å²) >= 11 is 0. The van der Waals surface area contributed by atoms with E-state index in [9.17, 15) is 24.3 Å². The fraction of sp³-hybridized carbons (Fsp3) is 0.657. The van der Waals surface area contributed by atoms with Gasteiger partial charge in [-0.2, -0.15) is 0 Å². The number of piperidine rings is 2. The first-order valence-corrected chi connectivity index (χ1v) is 16.2. The van der Waals surface area contributed by atoms with E-state index >= 15 is 0 Å². The molecule has 10 nitrogen and oxygen atoms in total. The van der Waals surface area contributed by atoms with Gasteiger partial charge in [0.2, 0.25) is 0 Å². The molecule has 0 amide bonds. The van der Waals surface area contributed by atoms with Crippen molar-refractivity contribution >= 4 is 23.9 Å². The van der Waals surface area contributed by atoms with Gasteiger partial charge in [-0.05, 0) is 36.3 Å². The summed E-state index contributed by atoms with van der Waals surface area (Å²) in [7, 11) is 0. The van der Waals surface area contributed by atoms with Gasteiger partial charge >= 0.3 is 23.9 Å². The fourth-order valence-corrected chi connectivity index (χ4v) is 12.4. The Bertz CT molecular complexity index is 1530. The lowest BCUT2D eigenvalue weighted by molar-refractivity contribution is -0.282. The number of aliphatic hydroxyl groups is 1. The Labute approximate surface area is 262 Å². The average Bonchev–Trinajstić information content (AvgIpc) is 3.42. The van der Waals surface area contributed by atoms with E-state index in [-0.39, 0.29) is 29.8 Å². The number of aliphatic hydroxyl groups excluding tert-OH is 1. The van der Waals surface area contributed by atoms with Crippen LogP contribution in [0, 0.1) is 45.8 Å². The minimum atomic E-state index is -1.10. The van der Waals surface area contributed by atoms with Gasteiger partial charge in [-0.3, -0.25) is 19.3 Å². The number of hydrogen-bond acceptors (Lipinski definition) is 10. The van der Waals surface area contributed by atoms with Crippen LogP contribution in [0.5, 0.6) is 0 Å². The predicted molar refractivity (Wildman–Crippen MR) is 157 cm³/mol. The maximum Gasteiger partial charge on any atom is 0.338 e. The van der Waals surface area contributed by atoms with Gasteiger partial charge in [0, 0.05) is 55.1 Å². The van der Waals surface area contributed by atoms with Gasteiger partial charge in [0.15, 0.2) is 6.10 Å². The Hall–Kier alpha value is -3.24. The first-order valence-electron chi connectivity index (χ1n) is 16.2. The fourth-order valence-electron chi connectivity index (χ4n) is 12.4. The summed E-state index contributed by atoms with van der Waals surface area (Å²) in [5, 5.41) is 12.1. The van der Waals surface area contributed by atoms with Crippen molar-refractivity contribution in [3.8, 4) is 0 Å². The summed E-state index contributed by atoms with van der Waals surface area (Å²) in [5.74, 6) is -3.40. The summed E-state index contributed by atoms with van der Waals surface area (Å²) in [4.78, 5) is 55.1. The summed E-state index contributed by atoms with van der Waals surface area (Å²) in [6, 6.07) is 8.73. The van der Waals surface area contributed by atoms with Crippen molar-refractivity contribution in [3.63, 3.8) is 0 Å². The van der Waals surface area contributed by atoms with Gasteiger partial charge < -0.3 is 24.1 Å². The van der Waals surface area contributed by atoms with Crippen LogP contribution >= 0.6 is 0 Å². The second-order valence-corrected chi connectivity index (χ2v) is 15.3. The van der Waals surface area contributed by atoms with E-state index in [4.69, 9.17) is 18.9 Å². The number of fused-ring (bicyclic) bond motifs is 1. The lowest BCUT2D eigenvalue weighted by atomic mass is 9.38. The number of esters is 4.